The minimum absolute atomic E-state index is 0. The lowest BCUT2D eigenvalue weighted by Crippen LogP contribution is -2.37. The lowest BCUT2D eigenvalue weighted by atomic mass is 9.91. The molecule has 0 aliphatic heterocycles. The van der Waals surface area contributed by atoms with Gasteiger partial charge in [0, 0.05) is 50.7 Å². The Bertz CT molecular complexity index is 1060. The van der Waals surface area contributed by atoms with Crippen molar-refractivity contribution < 1.29 is 4.79 Å². The molecule has 0 bridgehead atoms. The number of nitrogens with one attached hydrogen (secondary N) is 3. The third-order valence-corrected chi connectivity index (χ3v) is 5.94. The van der Waals surface area contributed by atoms with E-state index in [1.165, 1.54) is 12.5 Å². The molecule has 1 aliphatic rings. The van der Waals surface area contributed by atoms with Gasteiger partial charge in [-0.15, -0.1) is 0 Å². The molecule has 3 aromatic rings. The highest BCUT2D eigenvalue weighted by molar-refractivity contribution is 5.90. The molecule has 4 rings (SSSR count). The largest absolute Gasteiger partial charge is 0.362 e. The summed E-state index contributed by atoms with van der Waals surface area (Å²) < 4.78 is 0. The molecule has 0 unspecified atom stereocenters. The highest BCUT2D eigenvalue weighted by atomic mass is 16.1. The number of anilines is 3. The van der Waals surface area contributed by atoms with E-state index in [9.17, 15) is 4.79 Å². The number of carbonyl (C=O) groups excluding carboxylic acids is 1. The predicted octanol–water partition coefficient (Wildman–Crippen LogP) is 4.80. The molecule has 1 aliphatic carbocycles. The Balaban J connectivity index is 0.00000306. The van der Waals surface area contributed by atoms with E-state index in [2.05, 4.69) is 34.1 Å². The number of rotatable bonds is 7. The summed E-state index contributed by atoms with van der Waals surface area (Å²) in [4.78, 5) is 22.7. The van der Waals surface area contributed by atoms with Crippen molar-refractivity contribution >= 4 is 34.3 Å². The van der Waals surface area contributed by atoms with Crippen molar-refractivity contribution in [2.24, 2.45) is 0 Å². The maximum absolute atomic E-state index is 11.1. The van der Waals surface area contributed by atoms with E-state index in [1.54, 1.807) is 0 Å². The number of benzene rings is 2. The standard InChI is InChI=1S/C25H32N6O.CH4/c1-17(32)27-20-10-8-18(9-11-20)16-26-19-12-14-21(15-13-19)28-25-29-23-7-5-4-6-22(23)24(30-25)31(2)3;/h4-11,19,21,26H,12-16H2,1-3H3,(H,27,32)(H,28,29,30);1H4. The molecule has 1 aromatic heterocycles. The monoisotopic (exact) mass is 448 g/mol. The Morgan fingerprint density at radius 2 is 1.64 bits per heavy atom. The molecule has 3 N–H and O–H groups in total. The van der Waals surface area contributed by atoms with Crippen LogP contribution in [0.2, 0.25) is 0 Å². The zero-order chi connectivity index (χ0) is 22.5. The summed E-state index contributed by atoms with van der Waals surface area (Å²) in [6.07, 6.45) is 4.42. The first kappa shape index (κ1) is 24.5. The fourth-order valence-corrected chi connectivity index (χ4v) is 4.26. The predicted molar refractivity (Wildman–Crippen MR) is 138 cm³/mol. The molecule has 7 nitrogen and oxygen atoms in total. The molecular formula is C26H36N6O. The number of nitrogens with zero attached hydrogens (tertiary/aromatic N) is 3. The van der Waals surface area contributed by atoms with E-state index in [0.717, 1.165) is 54.6 Å². The maximum atomic E-state index is 11.1. The van der Waals surface area contributed by atoms with Crippen molar-refractivity contribution in [3.8, 4) is 0 Å². The second-order valence-electron chi connectivity index (χ2n) is 8.73. The van der Waals surface area contributed by atoms with Gasteiger partial charge in [-0.1, -0.05) is 31.7 Å². The first-order valence-electron chi connectivity index (χ1n) is 11.3. The lowest BCUT2D eigenvalue weighted by molar-refractivity contribution is -0.114. The molecule has 33 heavy (non-hydrogen) atoms. The van der Waals surface area contributed by atoms with Crippen molar-refractivity contribution in [2.45, 2.75) is 58.7 Å². The first-order valence-corrected chi connectivity index (χ1v) is 11.3. The zero-order valence-corrected chi connectivity index (χ0v) is 19.1. The number of carbonyl (C=O) groups is 1. The van der Waals surface area contributed by atoms with Gasteiger partial charge in [0.2, 0.25) is 11.9 Å². The van der Waals surface area contributed by atoms with Gasteiger partial charge in [0.25, 0.3) is 0 Å². The molecule has 7 heteroatoms. The summed E-state index contributed by atoms with van der Waals surface area (Å²) in [5.41, 5.74) is 3.02. The van der Waals surface area contributed by atoms with Crippen molar-refractivity contribution in [1.82, 2.24) is 15.3 Å². The van der Waals surface area contributed by atoms with E-state index in [-0.39, 0.29) is 13.3 Å². The lowest BCUT2D eigenvalue weighted by Gasteiger charge is -2.30. The summed E-state index contributed by atoms with van der Waals surface area (Å²) in [5, 5.41) is 11.1. The fraction of sp³-hybridized carbons (Fsp3) is 0.423. The molecule has 1 saturated carbocycles. The normalized spacial score (nSPS) is 17.8. The number of amides is 1. The van der Waals surface area contributed by atoms with Gasteiger partial charge in [0.15, 0.2) is 0 Å². The van der Waals surface area contributed by atoms with Crippen molar-refractivity contribution in [3.05, 3.63) is 54.1 Å². The summed E-state index contributed by atoms with van der Waals surface area (Å²) in [5.74, 6) is 1.61. The van der Waals surface area contributed by atoms with Crippen LogP contribution in [0, 0.1) is 0 Å². The van der Waals surface area contributed by atoms with Gasteiger partial charge in [0.05, 0.1) is 5.52 Å². The third-order valence-electron chi connectivity index (χ3n) is 5.94. The van der Waals surface area contributed by atoms with Crippen LogP contribution in [0.3, 0.4) is 0 Å². The van der Waals surface area contributed by atoms with Gasteiger partial charge < -0.3 is 20.9 Å². The minimum atomic E-state index is -0.0479. The zero-order valence-electron chi connectivity index (χ0n) is 19.1. The van der Waals surface area contributed by atoms with Gasteiger partial charge in [0.1, 0.15) is 5.82 Å². The number of hydrogen-bond acceptors (Lipinski definition) is 6. The molecule has 2 aromatic carbocycles. The topological polar surface area (TPSA) is 82.2 Å². The summed E-state index contributed by atoms with van der Waals surface area (Å²) in [7, 11) is 4.03. The molecule has 1 heterocycles. The Kier molecular flexibility index (Phi) is 8.22. The van der Waals surface area contributed by atoms with E-state index in [4.69, 9.17) is 9.97 Å². The van der Waals surface area contributed by atoms with Crippen LogP contribution in [0.25, 0.3) is 10.9 Å². The van der Waals surface area contributed by atoms with Crippen molar-refractivity contribution in [1.29, 1.82) is 0 Å². The molecular weight excluding hydrogens is 412 g/mol. The Hall–Kier alpha value is -3.19. The van der Waals surface area contributed by atoms with Crippen molar-refractivity contribution in [2.75, 3.05) is 29.6 Å². The Morgan fingerprint density at radius 3 is 2.30 bits per heavy atom. The molecule has 1 fully saturated rings. The van der Waals surface area contributed by atoms with Crippen LogP contribution < -0.4 is 20.9 Å². The number of fused-ring (bicyclic) bond motifs is 1. The molecule has 0 saturated heterocycles. The summed E-state index contributed by atoms with van der Waals surface area (Å²) in [6.45, 7) is 2.36. The van der Waals surface area contributed by atoms with E-state index < -0.39 is 0 Å². The second kappa shape index (κ2) is 11.1. The van der Waals surface area contributed by atoms with Gasteiger partial charge in [-0.3, -0.25) is 4.79 Å². The van der Waals surface area contributed by atoms with Crippen LogP contribution in [-0.2, 0) is 11.3 Å². The molecule has 176 valence electrons. The van der Waals surface area contributed by atoms with Gasteiger partial charge in [-0.25, -0.2) is 4.98 Å². The summed E-state index contributed by atoms with van der Waals surface area (Å²) in [6, 6.07) is 17.1. The molecule has 0 spiro atoms. The van der Waals surface area contributed by atoms with E-state index >= 15 is 0 Å². The number of aromatic nitrogens is 2. The Labute approximate surface area is 197 Å². The minimum Gasteiger partial charge on any atom is -0.362 e. The SMILES string of the molecule is C.CC(=O)Nc1ccc(CNC2CCC(Nc3nc(N(C)C)c4ccccc4n3)CC2)cc1. The van der Waals surface area contributed by atoms with Gasteiger partial charge in [-0.05, 0) is 55.5 Å². The van der Waals surface area contributed by atoms with Crippen LogP contribution in [0.1, 0.15) is 45.6 Å². The first-order chi connectivity index (χ1) is 15.5. The van der Waals surface area contributed by atoms with E-state index in [0.29, 0.717) is 18.0 Å². The highest BCUT2D eigenvalue weighted by Gasteiger charge is 2.22. The number of para-hydroxylation sites is 1. The van der Waals surface area contributed by atoms with Crippen LogP contribution >= 0.6 is 0 Å². The Morgan fingerprint density at radius 1 is 0.970 bits per heavy atom. The van der Waals surface area contributed by atoms with Crippen LogP contribution in [0.4, 0.5) is 17.5 Å². The highest BCUT2D eigenvalue weighted by Crippen LogP contribution is 2.26. The maximum Gasteiger partial charge on any atom is 0.225 e. The van der Waals surface area contributed by atoms with Gasteiger partial charge in [-0.2, -0.15) is 4.98 Å². The average Bonchev–Trinajstić information content (AvgIpc) is 2.78. The third kappa shape index (κ3) is 6.42. The number of hydrogen-bond donors (Lipinski definition) is 3. The molecule has 1 amide bonds. The quantitative estimate of drug-likeness (QED) is 0.481. The molecule has 0 radical (unpaired) electrons. The smallest absolute Gasteiger partial charge is 0.225 e. The van der Waals surface area contributed by atoms with Crippen LogP contribution in [0.15, 0.2) is 48.5 Å². The van der Waals surface area contributed by atoms with Gasteiger partial charge >= 0.3 is 0 Å². The summed E-state index contributed by atoms with van der Waals surface area (Å²) >= 11 is 0. The second-order valence-corrected chi connectivity index (χ2v) is 8.73. The van der Waals surface area contributed by atoms with Crippen molar-refractivity contribution in [3.63, 3.8) is 0 Å². The fourth-order valence-electron chi connectivity index (χ4n) is 4.26. The van der Waals surface area contributed by atoms with Crippen LogP contribution in [-0.4, -0.2) is 42.1 Å². The molecule has 0 atom stereocenters. The van der Waals surface area contributed by atoms with E-state index in [1.807, 2.05) is 49.3 Å². The average molecular weight is 449 g/mol. The van der Waals surface area contributed by atoms with Crippen LogP contribution in [0.5, 0.6) is 0 Å².